The lowest BCUT2D eigenvalue weighted by molar-refractivity contribution is 0.0668. The number of hydrogen-bond acceptors (Lipinski definition) is 3. The second-order valence-corrected chi connectivity index (χ2v) is 8.08. The van der Waals surface area contributed by atoms with Crippen molar-refractivity contribution in [3.63, 3.8) is 0 Å². The fraction of sp³-hybridized carbons (Fsp3) is 0.632. The second kappa shape index (κ2) is 5.96. The van der Waals surface area contributed by atoms with E-state index in [0.29, 0.717) is 12.1 Å². The number of nitrogens with one attached hydrogen (secondary N) is 2. The van der Waals surface area contributed by atoms with E-state index in [-0.39, 0.29) is 41.5 Å². The first-order valence-corrected chi connectivity index (χ1v) is 9.49. The van der Waals surface area contributed by atoms with Crippen molar-refractivity contribution >= 4 is 5.91 Å². The molecule has 2 saturated heterocycles. The molecule has 3 atom stereocenters. The summed E-state index contributed by atoms with van der Waals surface area (Å²) in [4.78, 5) is 14.5. The standard InChI is InChI=1S/C19H22F3N3O/c20-16-14(13-9-4-10(13)6-24-5-9)12-8-25(11-2-1-3-23-7-11)19(26)15(12)17(21)18(16)22/h9-11,13,23-24H,1-8H2. The SMILES string of the molecule is O=C1c2c(F)c(F)c(F)c(C3C4CNCC3C4)c2CN1C1CCCNC1. The molecular weight excluding hydrogens is 343 g/mol. The Labute approximate surface area is 150 Å². The summed E-state index contributed by atoms with van der Waals surface area (Å²) in [5.74, 6) is -4.03. The summed E-state index contributed by atoms with van der Waals surface area (Å²) in [5.41, 5.74) is 0.419. The Balaban J connectivity index is 1.59. The first-order chi connectivity index (χ1) is 12.6. The van der Waals surface area contributed by atoms with Crippen molar-refractivity contribution in [1.29, 1.82) is 0 Å². The zero-order chi connectivity index (χ0) is 18.0. The minimum Gasteiger partial charge on any atom is -0.330 e. The van der Waals surface area contributed by atoms with Crippen molar-refractivity contribution in [3.05, 3.63) is 34.1 Å². The highest BCUT2D eigenvalue weighted by Crippen LogP contribution is 2.52. The van der Waals surface area contributed by atoms with Crippen LogP contribution in [0.2, 0.25) is 0 Å². The third kappa shape index (κ3) is 2.19. The van der Waals surface area contributed by atoms with E-state index in [0.717, 1.165) is 38.9 Å². The minimum absolute atomic E-state index is 0.0513. The number of carbonyl (C=O) groups is 1. The molecule has 1 aromatic rings. The first-order valence-electron chi connectivity index (χ1n) is 9.49. The maximum absolute atomic E-state index is 14.8. The van der Waals surface area contributed by atoms with Crippen LogP contribution < -0.4 is 10.6 Å². The van der Waals surface area contributed by atoms with E-state index in [4.69, 9.17) is 0 Å². The first kappa shape index (κ1) is 16.6. The van der Waals surface area contributed by atoms with E-state index in [2.05, 4.69) is 10.6 Å². The molecule has 1 aliphatic carbocycles. The van der Waals surface area contributed by atoms with Crippen molar-refractivity contribution < 1.29 is 18.0 Å². The minimum atomic E-state index is -1.49. The third-order valence-electron chi connectivity index (χ3n) is 6.75. The van der Waals surface area contributed by atoms with Crippen molar-refractivity contribution in [2.45, 2.75) is 37.8 Å². The van der Waals surface area contributed by atoms with E-state index < -0.39 is 23.4 Å². The van der Waals surface area contributed by atoms with Gasteiger partial charge in [-0.1, -0.05) is 0 Å². The topological polar surface area (TPSA) is 44.4 Å². The summed E-state index contributed by atoms with van der Waals surface area (Å²) in [5, 5.41) is 6.54. The van der Waals surface area contributed by atoms with Gasteiger partial charge in [-0.3, -0.25) is 4.79 Å². The van der Waals surface area contributed by atoms with E-state index in [1.54, 1.807) is 4.90 Å². The molecule has 1 amide bonds. The molecule has 4 nitrogen and oxygen atoms in total. The van der Waals surface area contributed by atoms with Crippen molar-refractivity contribution in [2.24, 2.45) is 11.8 Å². The molecule has 4 aliphatic rings. The largest absolute Gasteiger partial charge is 0.330 e. The van der Waals surface area contributed by atoms with Crippen LogP contribution in [-0.4, -0.2) is 43.0 Å². The van der Waals surface area contributed by atoms with Crippen LogP contribution in [0.3, 0.4) is 0 Å². The Bertz CT molecular complexity index is 764. The second-order valence-electron chi connectivity index (χ2n) is 8.08. The average Bonchev–Trinajstić information content (AvgIpc) is 3.01. The molecule has 0 radical (unpaired) electrons. The molecule has 3 fully saturated rings. The van der Waals surface area contributed by atoms with E-state index in [1.165, 1.54) is 0 Å². The number of piperidine rings is 3. The average molecular weight is 365 g/mol. The summed E-state index contributed by atoms with van der Waals surface area (Å²) >= 11 is 0. The molecule has 0 aromatic heterocycles. The summed E-state index contributed by atoms with van der Waals surface area (Å²) in [7, 11) is 0. The normalized spacial score (nSPS) is 33.2. The maximum atomic E-state index is 14.8. The highest BCUT2D eigenvalue weighted by molar-refractivity contribution is 5.99. The maximum Gasteiger partial charge on any atom is 0.257 e. The van der Waals surface area contributed by atoms with Crippen LogP contribution in [0.4, 0.5) is 13.2 Å². The molecule has 7 heteroatoms. The lowest BCUT2D eigenvalue weighted by atomic mass is 9.58. The van der Waals surface area contributed by atoms with Crippen LogP contribution in [0.15, 0.2) is 0 Å². The predicted molar refractivity (Wildman–Crippen MR) is 89.3 cm³/mol. The van der Waals surface area contributed by atoms with Crippen LogP contribution >= 0.6 is 0 Å². The van der Waals surface area contributed by atoms with Gasteiger partial charge < -0.3 is 15.5 Å². The van der Waals surface area contributed by atoms with Gasteiger partial charge in [-0.2, -0.15) is 0 Å². The van der Waals surface area contributed by atoms with Gasteiger partial charge in [0.25, 0.3) is 5.91 Å². The van der Waals surface area contributed by atoms with Crippen LogP contribution in [0.25, 0.3) is 0 Å². The summed E-state index contributed by atoms with van der Waals surface area (Å²) < 4.78 is 43.7. The smallest absolute Gasteiger partial charge is 0.257 e. The number of rotatable bonds is 2. The van der Waals surface area contributed by atoms with Crippen molar-refractivity contribution in [1.82, 2.24) is 15.5 Å². The van der Waals surface area contributed by atoms with Gasteiger partial charge in [0.15, 0.2) is 17.5 Å². The third-order valence-corrected chi connectivity index (χ3v) is 6.75. The molecule has 5 rings (SSSR count). The zero-order valence-corrected chi connectivity index (χ0v) is 14.5. The molecule has 2 bridgehead atoms. The molecule has 3 heterocycles. The van der Waals surface area contributed by atoms with Gasteiger partial charge in [0.2, 0.25) is 0 Å². The van der Waals surface area contributed by atoms with Crippen LogP contribution in [-0.2, 0) is 6.54 Å². The monoisotopic (exact) mass is 365 g/mol. The van der Waals surface area contributed by atoms with Gasteiger partial charge in [-0.05, 0) is 62.2 Å². The van der Waals surface area contributed by atoms with Gasteiger partial charge in [0.05, 0.1) is 5.56 Å². The van der Waals surface area contributed by atoms with E-state index >= 15 is 0 Å². The Morgan fingerprint density at radius 2 is 1.73 bits per heavy atom. The highest BCUT2D eigenvalue weighted by Gasteiger charge is 2.50. The molecule has 140 valence electrons. The summed E-state index contributed by atoms with van der Waals surface area (Å²) in [6.45, 7) is 3.25. The number of carbonyl (C=O) groups excluding carboxylic acids is 1. The van der Waals surface area contributed by atoms with Crippen LogP contribution in [0.5, 0.6) is 0 Å². The van der Waals surface area contributed by atoms with Gasteiger partial charge in [-0.15, -0.1) is 0 Å². The molecule has 3 unspecified atom stereocenters. The van der Waals surface area contributed by atoms with Gasteiger partial charge >= 0.3 is 0 Å². The molecule has 1 saturated carbocycles. The quantitative estimate of drug-likeness (QED) is 0.790. The van der Waals surface area contributed by atoms with Gasteiger partial charge in [-0.25, -0.2) is 13.2 Å². The Kier molecular flexibility index (Phi) is 3.79. The zero-order valence-electron chi connectivity index (χ0n) is 14.5. The molecule has 2 N–H and O–H groups in total. The fourth-order valence-electron chi connectivity index (χ4n) is 5.46. The number of hydrogen-bond donors (Lipinski definition) is 2. The lowest BCUT2D eigenvalue weighted by Gasteiger charge is -2.50. The number of amides is 1. The lowest BCUT2D eigenvalue weighted by Crippen LogP contribution is -2.52. The number of fused-ring (bicyclic) bond motifs is 3. The Morgan fingerprint density at radius 3 is 2.38 bits per heavy atom. The number of benzene rings is 1. The van der Waals surface area contributed by atoms with E-state index in [9.17, 15) is 18.0 Å². The summed E-state index contributed by atoms with van der Waals surface area (Å²) in [6, 6.07) is -0.0513. The van der Waals surface area contributed by atoms with Crippen LogP contribution in [0, 0.1) is 29.3 Å². The molecule has 1 aromatic carbocycles. The summed E-state index contributed by atoms with van der Waals surface area (Å²) in [6.07, 6.45) is 2.74. The molecule has 26 heavy (non-hydrogen) atoms. The van der Waals surface area contributed by atoms with Gasteiger partial charge in [0.1, 0.15) is 0 Å². The van der Waals surface area contributed by atoms with Crippen molar-refractivity contribution in [3.8, 4) is 0 Å². The van der Waals surface area contributed by atoms with Crippen LogP contribution in [0.1, 0.15) is 46.7 Å². The Morgan fingerprint density at radius 1 is 0.962 bits per heavy atom. The molecule has 3 aliphatic heterocycles. The van der Waals surface area contributed by atoms with Crippen molar-refractivity contribution in [2.75, 3.05) is 26.2 Å². The molecule has 0 spiro atoms. The fourth-order valence-corrected chi connectivity index (χ4v) is 5.46. The predicted octanol–water partition coefficient (Wildman–Crippen LogP) is 2.13. The van der Waals surface area contributed by atoms with E-state index in [1.807, 2.05) is 0 Å². The number of nitrogens with zero attached hydrogens (tertiary/aromatic N) is 1. The number of halogens is 3. The molecular formula is C19H22F3N3O. The Hall–Kier alpha value is -1.60. The van der Waals surface area contributed by atoms with Gasteiger partial charge in [0, 0.05) is 24.7 Å². The highest BCUT2D eigenvalue weighted by atomic mass is 19.2.